The van der Waals surface area contributed by atoms with Crippen molar-refractivity contribution >= 4 is 39.8 Å². The van der Waals surface area contributed by atoms with E-state index in [0.29, 0.717) is 20.9 Å². The van der Waals surface area contributed by atoms with Gasteiger partial charge in [-0.3, -0.25) is 5.10 Å². The summed E-state index contributed by atoms with van der Waals surface area (Å²) in [6.07, 6.45) is 11.1. The Morgan fingerprint density at radius 2 is 1.86 bits per heavy atom. The Bertz CT molecular complexity index is 788. The Hall–Kier alpha value is -1.85. The molecule has 1 aromatic carbocycles. The van der Waals surface area contributed by atoms with Gasteiger partial charge in [0.05, 0.1) is 21.8 Å². The molecule has 0 saturated heterocycles. The first kappa shape index (κ1) is 15.1. The Balaban J connectivity index is 0.000000313. The van der Waals surface area contributed by atoms with E-state index in [-0.39, 0.29) is 5.69 Å². The second-order valence-corrected chi connectivity index (χ2v) is 5.92. The molecule has 2 heterocycles. The van der Waals surface area contributed by atoms with Crippen LogP contribution in [-0.4, -0.2) is 15.2 Å². The largest absolute Gasteiger partial charge is 0.359 e. The summed E-state index contributed by atoms with van der Waals surface area (Å²) in [5.41, 5.74) is 2.48. The Morgan fingerprint density at radius 1 is 1.14 bits per heavy atom. The van der Waals surface area contributed by atoms with Crippen molar-refractivity contribution in [3.63, 3.8) is 0 Å². The number of benzene rings is 1. The molecule has 1 aliphatic rings. The second-order valence-electron chi connectivity index (χ2n) is 5.14. The van der Waals surface area contributed by atoms with Crippen LogP contribution in [0.3, 0.4) is 0 Å². The zero-order valence-corrected chi connectivity index (χ0v) is 13.2. The van der Waals surface area contributed by atoms with E-state index in [1.165, 1.54) is 31.7 Å². The summed E-state index contributed by atoms with van der Waals surface area (Å²) < 4.78 is 0. The first-order chi connectivity index (χ1) is 10.7. The summed E-state index contributed by atoms with van der Waals surface area (Å²) in [6.45, 7) is 0. The van der Waals surface area contributed by atoms with Crippen LogP contribution >= 0.6 is 23.2 Å². The molecule has 2 N–H and O–H groups in total. The summed E-state index contributed by atoms with van der Waals surface area (Å²) in [4.78, 5) is 13.9. The summed E-state index contributed by atoms with van der Waals surface area (Å²) in [5.74, 6) is 0. The molecule has 22 heavy (non-hydrogen) atoms. The van der Waals surface area contributed by atoms with Crippen LogP contribution < -0.4 is 0 Å². The van der Waals surface area contributed by atoms with Crippen molar-refractivity contribution in [2.75, 3.05) is 0 Å². The summed E-state index contributed by atoms with van der Waals surface area (Å²) >= 11 is 12.0. The number of nitroso groups, excluding NO2 is 1. The van der Waals surface area contributed by atoms with Gasteiger partial charge in [-0.2, -0.15) is 5.10 Å². The minimum atomic E-state index is 0.247. The van der Waals surface area contributed by atoms with Gasteiger partial charge in [0.1, 0.15) is 5.69 Å². The fourth-order valence-electron chi connectivity index (χ4n) is 2.19. The Labute approximate surface area is 137 Å². The van der Waals surface area contributed by atoms with E-state index < -0.39 is 0 Å². The molecule has 2 aromatic heterocycles. The van der Waals surface area contributed by atoms with Gasteiger partial charge in [0.25, 0.3) is 0 Å². The summed E-state index contributed by atoms with van der Waals surface area (Å²) in [5, 5.41) is 10.9. The van der Waals surface area contributed by atoms with Gasteiger partial charge in [0.2, 0.25) is 0 Å². The molecule has 0 radical (unpaired) electrons. The van der Waals surface area contributed by atoms with E-state index in [9.17, 15) is 4.91 Å². The van der Waals surface area contributed by atoms with Gasteiger partial charge in [-0.25, -0.2) is 0 Å². The maximum Gasteiger partial charge on any atom is 0.119 e. The number of rotatable bonds is 2. The molecule has 3 aromatic rings. The van der Waals surface area contributed by atoms with Crippen molar-refractivity contribution in [1.82, 2.24) is 15.2 Å². The maximum atomic E-state index is 10.9. The Kier molecular flexibility index (Phi) is 4.45. The van der Waals surface area contributed by atoms with Gasteiger partial charge < -0.3 is 4.98 Å². The van der Waals surface area contributed by atoms with Crippen molar-refractivity contribution in [2.45, 2.75) is 25.7 Å². The summed E-state index contributed by atoms with van der Waals surface area (Å²) in [6, 6.07) is 1.46. The predicted octanol–water partition coefficient (Wildman–Crippen LogP) is 5.82. The molecule has 1 saturated carbocycles. The SMILES string of the molecule is C1CCC1.O=Nc1cc(Cl)c(Cl)c2[nH]cc(-c3cn[nH]c3)c12. The van der Waals surface area contributed by atoms with Crippen molar-refractivity contribution in [2.24, 2.45) is 5.18 Å². The minimum absolute atomic E-state index is 0.247. The predicted molar refractivity (Wildman–Crippen MR) is 89.8 cm³/mol. The van der Waals surface area contributed by atoms with Crippen molar-refractivity contribution < 1.29 is 0 Å². The minimum Gasteiger partial charge on any atom is -0.359 e. The number of nitrogens with one attached hydrogen (secondary N) is 2. The van der Waals surface area contributed by atoms with Crippen LogP contribution in [0.25, 0.3) is 22.0 Å². The third-order valence-corrected chi connectivity index (χ3v) is 4.52. The number of aromatic nitrogens is 3. The van der Waals surface area contributed by atoms with Gasteiger partial charge in [-0.15, -0.1) is 4.91 Å². The molecular weight excluding hydrogens is 323 g/mol. The van der Waals surface area contributed by atoms with Crippen molar-refractivity contribution in [3.8, 4) is 11.1 Å². The fraction of sp³-hybridized carbons (Fsp3) is 0.267. The number of aromatic amines is 2. The quantitative estimate of drug-likeness (QED) is 0.578. The standard InChI is InChI=1S/C11H6Cl2N4O.C4H8/c12-7-1-8(17-18)9-6(5-2-15-16-3-5)4-14-11(9)10(7)13;1-2-4-3-1/h1-4,14H,(H,15,16);1-4H2. The number of hydrogen-bond acceptors (Lipinski definition) is 3. The van der Waals surface area contributed by atoms with Gasteiger partial charge in [0.15, 0.2) is 0 Å². The molecule has 0 unspecified atom stereocenters. The highest BCUT2D eigenvalue weighted by Crippen LogP contribution is 2.41. The molecule has 0 amide bonds. The lowest BCUT2D eigenvalue weighted by atomic mass is 10.0. The zero-order chi connectivity index (χ0) is 15.5. The van der Waals surface area contributed by atoms with E-state index in [2.05, 4.69) is 20.4 Å². The monoisotopic (exact) mass is 336 g/mol. The van der Waals surface area contributed by atoms with E-state index in [1.54, 1.807) is 18.6 Å². The molecule has 0 atom stereocenters. The van der Waals surface area contributed by atoms with Crippen LogP contribution in [0.15, 0.2) is 29.8 Å². The molecule has 7 heteroatoms. The first-order valence-electron chi connectivity index (χ1n) is 7.04. The number of hydrogen-bond donors (Lipinski definition) is 2. The smallest absolute Gasteiger partial charge is 0.119 e. The molecule has 5 nitrogen and oxygen atoms in total. The highest BCUT2D eigenvalue weighted by molar-refractivity contribution is 6.45. The average Bonchev–Trinajstić information content (AvgIpc) is 3.09. The molecule has 114 valence electrons. The van der Waals surface area contributed by atoms with Crippen LogP contribution in [0.5, 0.6) is 0 Å². The highest BCUT2D eigenvalue weighted by Gasteiger charge is 2.16. The molecule has 4 rings (SSSR count). The Morgan fingerprint density at radius 3 is 2.41 bits per heavy atom. The molecule has 1 aliphatic carbocycles. The van der Waals surface area contributed by atoms with Crippen LogP contribution in [0.4, 0.5) is 5.69 Å². The second kappa shape index (κ2) is 6.50. The maximum absolute atomic E-state index is 10.9. The topological polar surface area (TPSA) is 73.9 Å². The van der Waals surface area contributed by atoms with E-state index in [4.69, 9.17) is 23.2 Å². The molecular formula is C15H14Cl2N4O. The van der Waals surface area contributed by atoms with E-state index in [1.807, 2.05) is 0 Å². The van der Waals surface area contributed by atoms with Crippen LogP contribution in [0, 0.1) is 4.91 Å². The van der Waals surface area contributed by atoms with Crippen LogP contribution in [-0.2, 0) is 0 Å². The normalized spacial score (nSPS) is 13.4. The van der Waals surface area contributed by atoms with Crippen molar-refractivity contribution in [1.29, 1.82) is 0 Å². The van der Waals surface area contributed by atoms with Gasteiger partial charge >= 0.3 is 0 Å². The van der Waals surface area contributed by atoms with Crippen LogP contribution in [0.1, 0.15) is 25.7 Å². The molecule has 0 spiro atoms. The zero-order valence-electron chi connectivity index (χ0n) is 11.7. The summed E-state index contributed by atoms with van der Waals surface area (Å²) in [7, 11) is 0. The fourth-order valence-corrected chi connectivity index (χ4v) is 2.59. The van der Waals surface area contributed by atoms with Crippen LogP contribution in [0.2, 0.25) is 10.0 Å². The lowest BCUT2D eigenvalue weighted by Crippen LogP contribution is -1.85. The van der Waals surface area contributed by atoms with Crippen molar-refractivity contribution in [3.05, 3.63) is 39.6 Å². The third kappa shape index (κ3) is 2.74. The lowest BCUT2D eigenvalue weighted by Gasteiger charge is -2.05. The van der Waals surface area contributed by atoms with Gasteiger partial charge in [-0.1, -0.05) is 48.9 Å². The molecule has 1 fully saturated rings. The van der Waals surface area contributed by atoms with E-state index >= 15 is 0 Å². The average molecular weight is 337 g/mol. The first-order valence-corrected chi connectivity index (χ1v) is 7.79. The number of fused-ring (bicyclic) bond motifs is 1. The van der Waals surface area contributed by atoms with E-state index in [0.717, 1.165) is 11.1 Å². The third-order valence-electron chi connectivity index (χ3n) is 3.74. The highest BCUT2D eigenvalue weighted by atomic mass is 35.5. The molecule has 0 aliphatic heterocycles. The van der Waals surface area contributed by atoms with Gasteiger partial charge in [0, 0.05) is 28.9 Å². The van der Waals surface area contributed by atoms with Gasteiger partial charge in [-0.05, 0) is 11.2 Å². The number of H-pyrrole nitrogens is 2. The molecule has 0 bridgehead atoms. The number of nitrogens with zero attached hydrogens (tertiary/aromatic N) is 2. The lowest BCUT2D eigenvalue weighted by molar-refractivity contribution is 0.504. The number of halogens is 2.